The fraction of sp³-hybridized carbons (Fsp3) is 0.545. The Morgan fingerprint density at radius 1 is 0.402 bits per heavy atom. The molecule has 0 spiro atoms. The summed E-state index contributed by atoms with van der Waals surface area (Å²) in [5, 5.41) is 68.5. The lowest BCUT2D eigenvalue weighted by Crippen LogP contribution is -2.57. The molecule has 3 aliphatic heterocycles. The lowest BCUT2D eigenvalue weighted by Gasteiger charge is -2.25. The predicted molar refractivity (Wildman–Crippen MR) is 366 cm³/mol. The summed E-state index contributed by atoms with van der Waals surface area (Å²) in [6.07, 6.45) is 0.980. The summed E-state index contributed by atoms with van der Waals surface area (Å²) < 4.78 is -2.57. The molecule has 0 saturated carbocycles. The van der Waals surface area contributed by atoms with Crippen LogP contribution < -0.4 is 64.2 Å². The topological polar surface area (TPSA) is 444 Å². The third kappa shape index (κ3) is 24.0. The molecule has 6 rings (SSSR count). The van der Waals surface area contributed by atoms with Gasteiger partial charge in [-0.15, -0.1) is 35.3 Å². The second-order valence-corrected chi connectivity index (χ2v) is 31.2. The first-order valence-electron chi connectivity index (χ1n) is 32.3. The second kappa shape index (κ2) is 36.7. The molecule has 3 aromatic carbocycles. The van der Waals surface area contributed by atoms with E-state index in [0.29, 0.717) is 23.1 Å². The molecule has 3 aromatic rings. The molecule has 0 radical (unpaired) electrons. The van der Waals surface area contributed by atoms with Gasteiger partial charge in [0.15, 0.2) is 0 Å². The monoisotopic (exact) mass is 1400 g/mol. The number of unbranched alkanes of at least 4 members (excludes halogenated alkanes) is 3. The van der Waals surface area contributed by atoms with Crippen LogP contribution in [0.3, 0.4) is 0 Å². The lowest BCUT2D eigenvalue weighted by atomic mass is 10.0. The van der Waals surface area contributed by atoms with Gasteiger partial charge >= 0.3 is 23.9 Å². The minimum Gasteiger partial charge on any atom is -0.480 e. The number of hydrogen-bond donors (Lipinski definition) is 16. The summed E-state index contributed by atoms with van der Waals surface area (Å²) in [5.74, 6) is -9.66. The van der Waals surface area contributed by atoms with Crippen molar-refractivity contribution in [2.45, 2.75) is 203 Å². The van der Waals surface area contributed by atoms with Crippen LogP contribution in [0.5, 0.6) is 0 Å². The molecule has 0 aliphatic carbocycles. The van der Waals surface area contributed by atoms with Crippen molar-refractivity contribution in [1.82, 2.24) is 58.5 Å². The van der Waals surface area contributed by atoms with Crippen LogP contribution in [-0.2, 0) is 76.8 Å². The van der Waals surface area contributed by atoms with Crippen LogP contribution in [0, 0.1) is 0 Å². The van der Waals surface area contributed by atoms with E-state index in [1.54, 1.807) is 133 Å². The van der Waals surface area contributed by atoms with Crippen LogP contribution in [-0.4, -0.2) is 196 Å². The number of carboxylic acids is 4. The van der Waals surface area contributed by atoms with Crippen molar-refractivity contribution in [3.63, 3.8) is 0 Å². The van der Waals surface area contributed by atoms with Gasteiger partial charge in [-0.3, -0.25) is 68.7 Å². The smallest absolute Gasteiger partial charge is 0.326 e. The zero-order chi connectivity index (χ0) is 71.2. The van der Waals surface area contributed by atoms with Gasteiger partial charge in [-0.05, 0) is 116 Å². The first kappa shape index (κ1) is 78.2. The van der Waals surface area contributed by atoms with E-state index in [0.717, 1.165) is 0 Å². The van der Waals surface area contributed by atoms with Crippen molar-refractivity contribution in [3.05, 3.63) is 108 Å². The average Bonchev–Trinajstić information content (AvgIpc) is 1.67. The van der Waals surface area contributed by atoms with Gasteiger partial charge in [0.05, 0.1) is 41.4 Å². The summed E-state index contributed by atoms with van der Waals surface area (Å²) >= 11 is 3.59. The minimum atomic E-state index is -1.49. The Morgan fingerprint density at radius 2 is 0.691 bits per heavy atom. The summed E-state index contributed by atoms with van der Waals surface area (Å²) in [6, 6.07) is 15.7. The standard InChI is InChI=1S/C66H92N12O16S3/c1-64(2)49(61(89)90)76-57(95-64)46(73-43(79)34-37-22-10-7-11-23-37)54(84)68-31-19-16-28-40(67)52(82)71-41(29-17-20-32-69-55(85)47(58-77-50(62(91)92)65(3,4)96-58)74-44(80)35-38-24-12-8-13-25-38)53(83)72-42(60(87)88)30-18-21-33-70-56(86)48(59-78-51(63(93)94)66(5,6)97-59)75-45(81)36-39-26-14-9-15-27-39/h7-15,22-27,40-42,46-51,57-59,76-78H,16-21,28-36,67H2,1-6H3,(H,68,84)(H,69,85)(H,70,86)(H,71,82)(H,72,83)(H,73,79)(H,74,80)(H,75,81)(H,87,88)(H,89,90)(H,91,92)(H,93,94)/t40-,41-,42-,46+,47+,48+,49-,50-,51-,57+,58+,59+/m0/s1. The van der Waals surface area contributed by atoms with E-state index in [2.05, 4.69) is 58.5 Å². The number of benzene rings is 3. The van der Waals surface area contributed by atoms with E-state index in [9.17, 15) is 78.0 Å². The third-order valence-corrected chi connectivity index (χ3v) is 21.2. The van der Waals surface area contributed by atoms with Crippen LogP contribution in [0.1, 0.15) is 116 Å². The summed E-state index contributed by atoms with van der Waals surface area (Å²) in [6.45, 7) is 10.4. The fourth-order valence-electron chi connectivity index (χ4n) is 11.4. The number of carboxylic acid groups (broad SMARTS) is 4. The second-order valence-electron chi connectivity index (χ2n) is 25.8. The molecule has 31 heteroatoms. The van der Waals surface area contributed by atoms with Crippen molar-refractivity contribution >= 4 is 106 Å². The molecule has 28 nitrogen and oxygen atoms in total. The van der Waals surface area contributed by atoms with Crippen molar-refractivity contribution < 1.29 is 78.0 Å². The summed E-state index contributed by atoms with van der Waals surface area (Å²) in [4.78, 5) is 159. The maximum atomic E-state index is 14.2. The molecule has 12 atom stereocenters. The van der Waals surface area contributed by atoms with E-state index in [1.807, 2.05) is 0 Å². The number of carbonyl (C=O) groups is 12. The van der Waals surface area contributed by atoms with Crippen molar-refractivity contribution in [2.75, 3.05) is 19.6 Å². The summed E-state index contributed by atoms with van der Waals surface area (Å²) in [5.41, 5.74) is 8.48. The highest BCUT2D eigenvalue weighted by Crippen LogP contribution is 2.41. The van der Waals surface area contributed by atoms with E-state index in [1.165, 1.54) is 35.3 Å². The number of nitrogens with one attached hydrogen (secondary N) is 11. The number of rotatable bonds is 38. The Morgan fingerprint density at radius 3 is 0.979 bits per heavy atom. The van der Waals surface area contributed by atoms with Crippen LogP contribution in [0.25, 0.3) is 0 Å². The van der Waals surface area contributed by atoms with Crippen molar-refractivity contribution in [3.8, 4) is 0 Å². The normalized spacial score (nSPS) is 21.6. The maximum Gasteiger partial charge on any atom is 0.326 e. The van der Waals surface area contributed by atoms with E-state index >= 15 is 0 Å². The first-order valence-corrected chi connectivity index (χ1v) is 34.9. The van der Waals surface area contributed by atoms with Crippen LogP contribution in [0.15, 0.2) is 91.0 Å². The minimum absolute atomic E-state index is 0.00292. The molecule has 3 fully saturated rings. The molecule has 97 heavy (non-hydrogen) atoms. The van der Waals surface area contributed by atoms with E-state index in [-0.39, 0.29) is 90.3 Å². The average molecular weight is 1410 g/mol. The molecule has 0 bridgehead atoms. The summed E-state index contributed by atoms with van der Waals surface area (Å²) in [7, 11) is 0. The number of thioether (sulfide) groups is 3. The highest BCUT2D eigenvalue weighted by molar-refractivity contribution is 8.02. The lowest BCUT2D eigenvalue weighted by molar-refractivity contribution is -0.142. The van der Waals surface area contributed by atoms with Crippen LogP contribution in [0.2, 0.25) is 0 Å². The molecule has 0 aromatic heterocycles. The first-order chi connectivity index (χ1) is 45.8. The Balaban J connectivity index is 1.08. The van der Waals surface area contributed by atoms with Gasteiger partial charge in [-0.25, -0.2) is 4.79 Å². The number of carbonyl (C=O) groups excluding carboxylic acids is 8. The number of aliphatic carboxylic acids is 4. The van der Waals surface area contributed by atoms with Gasteiger partial charge in [-0.1, -0.05) is 91.0 Å². The molecule has 3 aliphatic rings. The molecule has 530 valence electrons. The quantitative estimate of drug-likeness (QED) is 0.0357. The highest BCUT2D eigenvalue weighted by Gasteiger charge is 2.52. The zero-order valence-electron chi connectivity index (χ0n) is 55.2. The van der Waals surface area contributed by atoms with Gasteiger partial charge in [-0.2, -0.15) is 0 Å². The van der Waals surface area contributed by atoms with Crippen molar-refractivity contribution in [1.29, 1.82) is 0 Å². The predicted octanol–water partition coefficient (Wildman–Crippen LogP) is 1.09. The number of hydrogen-bond acceptors (Lipinski definition) is 19. The number of nitrogens with two attached hydrogens (primary N) is 1. The third-order valence-electron chi connectivity index (χ3n) is 16.7. The van der Waals surface area contributed by atoms with Gasteiger partial charge in [0.1, 0.15) is 48.3 Å². The maximum absolute atomic E-state index is 14.2. The Bertz CT molecular complexity index is 3250. The largest absolute Gasteiger partial charge is 0.480 e. The van der Waals surface area contributed by atoms with Gasteiger partial charge < -0.3 is 68.7 Å². The molecule has 17 N–H and O–H groups in total. The molecular formula is C66H92N12O16S3. The van der Waals surface area contributed by atoms with Gasteiger partial charge in [0, 0.05) is 33.9 Å². The van der Waals surface area contributed by atoms with Crippen molar-refractivity contribution in [2.24, 2.45) is 5.73 Å². The molecule has 8 amide bonds. The Kier molecular flexibility index (Phi) is 29.6. The van der Waals surface area contributed by atoms with E-state index in [4.69, 9.17) is 5.73 Å². The SMILES string of the molecule is CC1(C)S[C@H]([C@H](NC(=O)Cc2ccccc2)C(=O)NCCCC[C@H](NC(=O)[C@H](CCCCNC(=O)[C@@H](NC(=O)Cc2ccccc2)[C@@H]2N[C@@H](C(=O)O)C(C)(C)S2)NC(=O)[C@@H](N)CCCCNC(=O)[C@@H](NC(=O)Cc2ccccc2)[C@@H]2N[C@@H](C(=O)O)C(C)(C)S2)C(=O)O)N[C@H]1C(=O)O. The number of amides is 8. The fourth-order valence-corrected chi connectivity index (χ4v) is 15.9. The zero-order valence-corrected chi connectivity index (χ0v) is 57.6. The molecule has 0 unspecified atom stereocenters. The van der Waals surface area contributed by atoms with E-state index < -0.39 is 156 Å². The molecule has 3 saturated heterocycles. The Hall–Kier alpha value is -7.81. The van der Waals surface area contributed by atoms with Gasteiger partial charge in [0.2, 0.25) is 47.3 Å². The molecule has 3 heterocycles. The van der Waals surface area contributed by atoms with Crippen LogP contribution >= 0.6 is 35.3 Å². The Labute approximate surface area is 576 Å². The molecular weight excluding hydrogens is 1310 g/mol. The van der Waals surface area contributed by atoms with Gasteiger partial charge in [0.25, 0.3) is 0 Å². The van der Waals surface area contributed by atoms with Crippen LogP contribution in [0.4, 0.5) is 0 Å². The highest BCUT2D eigenvalue weighted by atomic mass is 32.2.